The molecule has 2 N–H and O–H groups in total. The maximum atomic E-state index is 12.3. The summed E-state index contributed by atoms with van der Waals surface area (Å²) in [7, 11) is 3.34. The third kappa shape index (κ3) is 5.44. The number of nitrogens with one attached hydrogen (secondary N) is 2. The monoisotopic (exact) mass is 537 g/mol. The van der Waals surface area contributed by atoms with E-state index in [0.717, 1.165) is 28.4 Å². The van der Waals surface area contributed by atoms with Crippen molar-refractivity contribution < 1.29 is 14.2 Å². The molecule has 2 aliphatic rings. The van der Waals surface area contributed by atoms with E-state index in [0.29, 0.717) is 0 Å². The summed E-state index contributed by atoms with van der Waals surface area (Å²) in [4.78, 5) is 26.7. The van der Waals surface area contributed by atoms with E-state index < -0.39 is 0 Å². The zero-order valence-corrected chi connectivity index (χ0v) is 24.7. The average molecular weight is 538 g/mol. The predicted octanol–water partition coefficient (Wildman–Crippen LogP) is 5.30. The quantitative estimate of drug-likeness (QED) is 0.355. The molecule has 0 atom stereocenters. The summed E-state index contributed by atoms with van der Waals surface area (Å²) in [5.41, 5.74) is 7.40. The highest BCUT2D eigenvalue weighted by Gasteiger charge is 2.44. The SMILES string of the molecule is CNC(=O)CN1\C(=C/C=C/C=C(C)/C=C/C2=[N+](CC(=O)NC)c3ccccc3C2(C)C)C(C)(C)c2ccccc21. The largest absolute Gasteiger partial charge is 0.358 e. The van der Waals surface area contributed by atoms with E-state index in [9.17, 15) is 9.59 Å². The van der Waals surface area contributed by atoms with Crippen LogP contribution in [0.2, 0.25) is 0 Å². The minimum atomic E-state index is -0.223. The number of rotatable bonds is 8. The van der Waals surface area contributed by atoms with Crippen LogP contribution in [0.5, 0.6) is 0 Å². The molecule has 0 aromatic heterocycles. The van der Waals surface area contributed by atoms with Crippen molar-refractivity contribution in [3.8, 4) is 0 Å². The van der Waals surface area contributed by atoms with Gasteiger partial charge < -0.3 is 15.5 Å². The van der Waals surface area contributed by atoms with Crippen molar-refractivity contribution in [2.24, 2.45) is 0 Å². The van der Waals surface area contributed by atoms with Gasteiger partial charge in [-0.15, -0.1) is 0 Å². The molecule has 2 aromatic carbocycles. The fourth-order valence-electron chi connectivity index (χ4n) is 5.69. The molecule has 0 saturated carbocycles. The summed E-state index contributed by atoms with van der Waals surface area (Å²) in [6, 6.07) is 16.6. The topological polar surface area (TPSA) is 64.5 Å². The van der Waals surface area contributed by atoms with E-state index in [1.54, 1.807) is 14.1 Å². The molecule has 6 heteroatoms. The van der Waals surface area contributed by atoms with Crippen LogP contribution >= 0.6 is 0 Å². The molecule has 0 bridgehead atoms. The van der Waals surface area contributed by atoms with Crippen molar-refractivity contribution in [3.05, 3.63) is 107 Å². The predicted molar refractivity (Wildman–Crippen MR) is 164 cm³/mol. The van der Waals surface area contributed by atoms with E-state index in [-0.39, 0.29) is 35.7 Å². The van der Waals surface area contributed by atoms with Crippen LogP contribution in [0.1, 0.15) is 45.7 Å². The molecule has 6 nitrogen and oxygen atoms in total. The summed E-state index contributed by atoms with van der Waals surface area (Å²) < 4.78 is 2.11. The number of likely N-dealkylation sites (N-methyl/N-ethyl adjacent to an activating group) is 2. The van der Waals surface area contributed by atoms with Crippen molar-refractivity contribution in [1.29, 1.82) is 0 Å². The lowest BCUT2D eigenvalue weighted by Crippen LogP contribution is -2.35. The van der Waals surface area contributed by atoms with Crippen LogP contribution < -0.4 is 15.5 Å². The fraction of sp³-hybridized carbons (Fsp3) is 0.324. The third-order valence-electron chi connectivity index (χ3n) is 7.99. The Kier molecular flexibility index (Phi) is 8.29. The van der Waals surface area contributed by atoms with Gasteiger partial charge in [-0.05, 0) is 38.5 Å². The Hall–Kier alpha value is -4.19. The van der Waals surface area contributed by atoms with Crippen molar-refractivity contribution in [1.82, 2.24) is 10.6 Å². The van der Waals surface area contributed by atoms with Crippen molar-refractivity contribution in [3.63, 3.8) is 0 Å². The minimum absolute atomic E-state index is 0.0240. The first-order chi connectivity index (χ1) is 19.0. The number of hydrogen-bond acceptors (Lipinski definition) is 3. The molecule has 2 aromatic rings. The van der Waals surface area contributed by atoms with Crippen LogP contribution in [0.15, 0.2) is 96.3 Å². The first-order valence-corrected chi connectivity index (χ1v) is 13.8. The third-order valence-corrected chi connectivity index (χ3v) is 7.99. The van der Waals surface area contributed by atoms with Crippen LogP contribution in [0.25, 0.3) is 0 Å². The van der Waals surface area contributed by atoms with E-state index in [4.69, 9.17) is 0 Å². The second kappa shape index (κ2) is 11.5. The highest BCUT2D eigenvalue weighted by atomic mass is 16.2. The van der Waals surface area contributed by atoms with Crippen LogP contribution in [-0.4, -0.2) is 49.3 Å². The second-order valence-electron chi connectivity index (χ2n) is 11.4. The Bertz CT molecular complexity index is 1470. The van der Waals surface area contributed by atoms with Crippen molar-refractivity contribution in [2.45, 2.75) is 45.4 Å². The number of amides is 2. The van der Waals surface area contributed by atoms with Crippen molar-refractivity contribution in [2.75, 3.05) is 32.1 Å². The molecule has 2 amide bonds. The summed E-state index contributed by atoms with van der Waals surface area (Å²) in [6.45, 7) is 11.4. The molecule has 40 heavy (non-hydrogen) atoms. The molecule has 0 aliphatic carbocycles. The smallest absolute Gasteiger partial charge is 0.285 e. The highest BCUT2D eigenvalue weighted by Crippen LogP contribution is 2.47. The molecular weight excluding hydrogens is 496 g/mol. The van der Waals surface area contributed by atoms with Gasteiger partial charge in [-0.1, -0.05) is 80.1 Å². The number of benzene rings is 2. The molecular formula is C34H41N4O2+. The summed E-state index contributed by atoms with van der Waals surface area (Å²) >= 11 is 0. The summed E-state index contributed by atoms with van der Waals surface area (Å²) in [5.74, 6) is -0.0488. The molecule has 2 aliphatic heterocycles. The van der Waals surface area contributed by atoms with Gasteiger partial charge in [0.2, 0.25) is 18.1 Å². The van der Waals surface area contributed by atoms with Gasteiger partial charge in [0, 0.05) is 48.6 Å². The lowest BCUT2D eigenvalue weighted by atomic mass is 9.81. The Morgan fingerprint density at radius 3 is 2.23 bits per heavy atom. The first kappa shape index (κ1) is 28.8. The number of nitrogens with zero attached hydrogens (tertiary/aromatic N) is 2. The van der Waals surface area contributed by atoms with Gasteiger partial charge in [0.15, 0.2) is 5.71 Å². The van der Waals surface area contributed by atoms with Crippen molar-refractivity contribution >= 4 is 28.9 Å². The lowest BCUT2D eigenvalue weighted by Gasteiger charge is -2.26. The molecule has 208 valence electrons. The molecule has 4 rings (SSSR count). The van der Waals surface area contributed by atoms with Gasteiger partial charge in [0.1, 0.15) is 6.54 Å². The highest BCUT2D eigenvalue weighted by molar-refractivity contribution is 6.03. The maximum absolute atomic E-state index is 12.3. The van der Waals surface area contributed by atoms with Gasteiger partial charge in [0.05, 0.1) is 5.41 Å². The van der Waals surface area contributed by atoms with Gasteiger partial charge in [-0.3, -0.25) is 9.59 Å². The molecule has 0 unspecified atom stereocenters. The number of fused-ring (bicyclic) bond motifs is 2. The Morgan fingerprint density at radius 1 is 0.875 bits per heavy atom. The second-order valence-corrected chi connectivity index (χ2v) is 11.4. The van der Waals surface area contributed by atoms with Gasteiger partial charge in [-0.2, -0.15) is 4.58 Å². The minimum Gasteiger partial charge on any atom is -0.358 e. The van der Waals surface area contributed by atoms with Crippen LogP contribution in [0.4, 0.5) is 11.4 Å². The van der Waals surface area contributed by atoms with Gasteiger partial charge in [-0.25, -0.2) is 0 Å². The van der Waals surface area contributed by atoms with Gasteiger partial charge >= 0.3 is 0 Å². The molecule has 2 heterocycles. The zero-order chi connectivity index (χ0) is 29.1. The van der Waals surface area contributed by atoms with E-state index in [1.807, 2.05) is 30.4 Å². The van der Waals surface area contributed by atoms with Gasteiger partial charge in [0.25, 0.3) is 5.91 Å². The number of para-hydroxylation sites is 2. The first-order valence-electron chi connectivity index (χ1n) is 13.8. The Balaban J connectivity index is 1.59. The average Bonchev–Trinajstić information content (AvgIpc) is 3.28. The zero-order valence-electron chi connectivity index (χ0n) is 24.7. The lowest BCUT2D eigenvalue weighted by molar-refractivity contribution is -0.425. The number of carbonyl (C=O) groups excluding carboxylic acids is 2. The van der Waals surface area contributed by atoms with Crippen LogP contribution in [-0.2, 0) is 20.4 Å². The summed E-state index contributed by atoms with van der Waals surface area (Å²) in [6.07, 6.45) is 12.5. The Morgan fingerprint density at radius 2 is 1.52 bits per heavy atom. The number of anilines is 1. The standard InChI is InChI=1S/C34H40N4O2/c1-24(20-21-30-34(4,5)26-16-10-12-18-28(26)38(30)23-32(40)36-7)14-8-13-19-29-33(2,3)25-15-9-11-17-27(25)37(29)22-31(39)35-6/h8-21H,22-23H2,1-7H3,(H-,35,36,39,40)/p+1. The van der Waals surface area contributed by atoms with E-state index in [1.165, 1.54) is 11.1 Å². The number of allylic oxidation sites excluding steroid dienone is 8. The normalized spacial score (nSPS) is 18.5. The molecule has 0 fully saturated rings. The molecule has 0 spiro atoms. The number of carbonyl (C=O) groups is 2. The number of hydrogen-bond donors (Lipinski definition) is 2. The molecule has 0 saturated heterocycles. The Labute approximate surface area is 238 Å². The fourth-order valence-corrected chi connectivity index (χ4v) is 5.69. The van der Waals surface area contributed by atoms with E-state index >= 15 is 0 Å². The van der Waals surface area contributed by atoms with E-state index in [2.05, 4.69) is 109 Å². The van der Waals surface area contributed by atoms with Crippen LogP contribution in [0.3, 0.4) is 0 Å². The summed E-state index contributed by atoms with van der Waals surface area (Å²) in [5, 5.41) is 5.50. The van der Waals surface area contributed by atoms with Crippen LogP contribution in [0, 0.1) is 0 Å². The maximum Gasteiger partial charge on any atom is 0.285 e. The molecule has 0 radical (unpaired) electrons.